The summed E-state index contributed by atoms with van der Waals surface area (Å²) in [7, 11) is 3.69. The van der Waals surface area contributed by atoms with Gasteiger partial charge in [0.25, 0.3) is 0 Å². The van der Waals surface area contributed by atoms with Crippen molar-refractivity contribution < 1.29 is 24.1 Å². The van der Waals surface area contributed by atoms with Crippen LogP contribution in [0, 0.1) is 5.82 Å². The van der Waals surface area contributed by atoms with Crippen molar-refractivity contribution in [2.24, 2.45) is 19.2 Å². The van der Waals surface area contributed by atoms with Gasteiger partial charge >= 0.3 is 5.97 Å². The molecule has 2 aromatic heterocycles. The third-order valence-corrected chi connectivity index (χ3v) is 10.1. The number of aliphatic hydroxyl groups is 1. The number of carboxylic acids is 1. The topological polar surface area (TPSA) is 105 Å². The van der Waals surface area contributed by atoms with Crippen LogP contribution >= 0.6 is 23.4 Å². The third kappa shape index (κ3) is 7.34. The zero-order chi connectivity index (χ0) is 34.7. The van der Waals surface area contributed by atoms with E-state index in [4.69, 9.17) is 21.4 Å². The van der Waals surface area contributed by atoms with Crippen LogP contribution < -0.4 is 4.74 Å². The quantitative estimate of drug-likeness (QED) is 0.147. The van der Waals surface area contributed by atoms with Crippen LogP contribution in [-0.2, 0) is 39.1 Å². The summed E-state index contributed by atoms with van der Waals surface area (Å²) in [5.74, 6) is 0.505. The van der Waals surface area contributed by atoms with Crippen LogP contribution in [0.4, 0.5) is 4.39 Å². The number of hydrazone groups is 1. The summed E-state index contributed by atoms with van der Waals surface area (Å²) in [4.78, 5) is 12.7. The lowest BCUT2D eigenvalue weighted by atomic mass is 10.0. The fourth-order valence-corrected chi connectivity index (χ4v) is 7.73. The van der Waals surface area contributed by atoms with Crippen LogP contribution in [0.15, 0.2) is 59.3 Å². The minimum absolute atomic E-state index is 0.104. The first-order valence-corrected chi connectivity index (χ1v) is 17.8. The number of rotatable bonds is 5. The fraction of sp³-hybridized carbons (Fsp3) is 0.324. The van der Waals surface area contributed by atoms with Crippen LogP contribution in [0.25, 0.3) is 27.8 Å². The molecule has 256 valence electrons. The van der Waals surface area contributed by atoms with Gasteiger partial charge in [0.2, 0.25) is 0 Å². The second kappa shape index (κ2) is 15.1. The molecule has 49 heavy (non-hydrogen) atoms. The monoisotopic (exact) mass is 703 g/mol. The Balaban J connectivity index is 1.47. The summed E-state index contributed by atoms with van der Waals surface area (Å²) in [6, 6.07) is 14.5. The number of hydrogen-bond acceptors (Lipinski definition) is 7. The molecule has 12 heteroatoms. The van der Waals surface area contributed by atoms with E-state index < -0.39 is 5.97 Å². The Hall–Kier alpha value is -4.32. The van der Waals surface area contributed by atoms with Crippen LogP contribution in [0.3, 0.4) is 0 Å². The molecule has 1 aliphatic rings. The predicted molar refractivity (Wildman–Crippen MR) is 195 cm³/mol. The lowest BCUT2D eigenvalue weighted by Gasteiger charge is -2.22. The SMILES string of the molecule is C/C=N/N(CCO)/C1=C/c2c(Cl)ccc3c(c(C(=O)O)n(C)c23)CCCOc2cc(cc3cc(F)ccc23)CCc2cc(nn2C)CSC1. The maximum absolute atomic E-state index is 14.3. The van der Waals surface area contributed by atoms with Gasteiger partial charge in [0, 0.05) is 64.6 Å². The van der Waals surface area contributed by atoms with Crippen molar-refractivity contribution >= 4 is 63.3 Å². The fourth-order valence-electron chi connectivity index (χ4n) is 6.63. The Morgan fingerprint density at radius 3 is 2.71 bits per heavy atom. The van der Waals surface area contributed by atoms with Gasteiger partial charge in [-0.1, -0.05) is 23.7 Å². The number of benzene rings is 3. The van der Waals surface area contributed by atoms with Crippen molar-refractivity contribution in [3.8, 4) is 5.75 Å². The number of carboxylic acid groups (broad SMARTS) is 1. The number of hydrogen-bond donors (Lipinski definition) is 2. The largest absolute Gasteiger partial charge is 0.493 e. The molecular weight excluding hydrogens is 665 g/mol. The molecule has 9 nitrogen and oxygen atoms in total. The Kier molecular flexibility index (Phi) is 10.6. The maximum atomic E-state index is 14.3. The van der Waals surface area contributed by atoms with Gasteiger partial charge in [0.15, 0.2) is 0 Å². The maximum Gasteiger partial charge on any atom is 0.352 e. The average molecular weight is 704 g/mol. The Morgan fingerprint density at radius 2 is 1.94 bits per heavy atom. The minimum atomic E-state index is -1.03. The summed E-state index contributed by atoms with van der Waals surface area (Å²) in [5.41, 5.74) is 6.13. The van der Waals surface area contributed by atoms with Gasteiger partial charge in [0.05, 0.1) is 31.0 Å². The number of aromatic carboxylic acids is 1. The highest BCUT2D eigenvalue weighted by Gasteiger charge is 2.24. The molecule has 0 saturated carbocycles. The van der Waals surface area contributed by atoms with Crippen molar-refractivity contribution in [1.29, 1.82) is 0 Å². The van der Waals surface area contributed by atoms with E-state index >= 15 is 0 Å². The Bertz CT molecular complexity index is 2090. The molecule has 0 aliphatic carbocycles. The van der Waals surface area contributed by atoms with Crippen molar-refractivity contribution in [2.45, 2.75) is 38.4 Å². The summed E-state index contributed by atoms with van der Waals surface area (Å²) in [5, 5.41) is 34.2. The van der Waals surface area contributed by atoms with Gasteiger partial charge in [-0.3, -0.25) is 9.69 Å². The highest BCUT2D eigenvalue weighted by Crippen LogP contribution is 2.36. The highest BCUT2D eigenvalue weighted by atomic mass is 35.5. The van der Waals surface area contributed by atoms with Crippen molar-refractivity contribution in [3.05, 3.63) is 98.8 Å². The first-order chi connectivity index (χ1) is 23.7. The molecule has 0 unspecified atom stereocenters. The Labute approximate surface area is 293 Å². The second-order valence-corrected chi connectivity index (χ2v) is 13.5. The van der Waals surface area contributed by atoms with E-state index in [0.29, 0.717) is 64.8 Å². The first-order valence-electron chi connectivity index (χ1n) is 16.2. The molecule has 6 rings (SSSR count). The molecule has 0 amide bonds. The van der Waals surface area contributed by atoms with Crippen molar-refractivity contribution in [3.63, 3.8) is 0 Å². The molecular formula is C37H39ClFN5O4S. The molecule has 2 N–H and O–H groups in total. The molecule has 0 radical (unpaired) electrons. The predicted octanol–water partition coefficient (Wildman–Crippen LogP) is 7.24. The average Bonchev–Trinajstić information content (AvgIpc) is 3.57. The Morgan fingerprint density at radius 1 is 1.12 bits per heavy atom. The molecule has 0 spiro atoms. The van der Waals surface area contributed by atoms with E-state index in [1.807, 2.05) is 42.9 Å². The lowest BCUT2D eigenvalue weighted by molar-refractivity contribution is 0.0685. The van der Waals surface area contributed by atoms with E-state index in [9.17, 15) is 19.4 Å². The van der Waals surface area contributed by atoms with Gasteiger partial charge in [-0.25, -0.2) is 9.18 Å². The first kappa shape index (κ1) is 34.5. The number of carbonyl (C=O) groups is 1. The number of aryl methyl sites for hydroxylation is 5. The van der Waals surface area contributed by atoms with Gasteiger partial charge in [-0.05, 0) is 91.6 Å². The number of aromatic nitrogens is 3. The van der Waals surface area contributed by atoms with Crippen molar-refractivity contribution in [2.75, 3.05) is 25.5 Å². The molecule has 0 atom stereocenters. The van der Waals surface area contributed by atoms with Gasteiger partial charge in [0.1, 0.15) is 17.3 Å². The molecule has 3 aromatic carbocycles. The third-order valence-electron chi connectivity index (χ3n) is 8.82. The normalized spacial score (nSPS) is 15.7. The number of halogens is 2. The highest BCUT2D eigenvalue weighted by molar-refractivity contribution is 7.98. The van der Waals surface area contributed by atoms with Gasteiger partial charge in [-0.2, -0.15) is 10.2 Å². The zero-order valence-corrected chi connectivity index (χ0v) is 29.3. The van der Waals surface area contributed by atoms with Gasteiger partial charge in [-0.15, -0.1) is 11.8 Å². The number of fused-ring (bicyclic) bond motifs is 6. The summed E-state index contributed by atoms with van der Waals surface area (Å²) >= 11 is 8.53. The van der Waals surface area contributed by atoms with E-state index in [1.54, 1.807) is 46.7 Å². The van der Waals surface area contributed by atoms with Gasteiger partial charge < -0.3 is 19.5 Å². The van der Waals surface area contributed by atoms with E-state index in [0.717, 1.165) is 45.2 Å². The molecule has 1 aliphatic heterocycles. The zero-order valence-electron chi connectivity index (χ0n) is 27.7. The smallest absolute Gasteiger partial charge is 0.352 e. The van der Waals surface area contributed by atoms with Crippen molar-refractivity contribution in [1.82, 2.24) is 19.4 Å². The number of thioether (sulfide) groups is 1. The van der Waals surface area contributed by atoms with Crippen LogP contribution in [-0.4, -0.2) is 67.3 Å². The van der Waals surface area contributed by atoms with E-state index in [-0.39, 0.29) is 24.7 Å². The number of nitrogens with zero attached hydrogens (tertiary/aromatic N) is 5. The summed E-state index contributed by atoms with van der Waals surface area (Å²) in [6.07, 6.45) is 6.09. The molecule has 5 aromatic rings. The standard InChI is InChI=1S/C37H39ClFN5O4S/c1-4-40-44(13-14-45)28-20-32-33(38)12-11-31-30(36(37(46)47)42(2)35(31)32)6-5-15-48-34-17-23(16-24-18-25(39)8-10-29(24)34)7-9-27-19-26(21-49-22-28)41-43(27)3/h4,8,10-12,16-20,45H,5-7,9,13-15,21-22H2,1-3H3,(H,46,47)/b28-20+,40-4+. The van der Waals surface area contributed by atoms with Crippen LogP contribution in [0.2, 0.25) is 5.02 Å². The molecule has 8 bridgehead atoms. The number of aliphatic hydroxyl groups excluding tert-OH is 1. The second-order valence-electron chi connectivity index (χ2n) is 12.1. The molecule has 3 heterocycles. The summed E-state index contributed by atoms with van der Waals surface area (Å²) < 4.78 is 24.3. The lowest BCUT2D eigenvalue weighted by Crippen LogP contribution is -2.22. The summed E-state index contributed by atoms with van der Waals surface area (Å²) in [6.45, 7) is 2.33. The van der Waals surface area contributed by atoms with Crippen LogP contribution in [0.1, 0.15) is 51.9 Å². The van der Waals surface area contributed by atoms with E-state index in [2.05, 4.69) is 11.2 Å². The van der Waals surface area contributed by atoms with Crippen LogP contribution in [0.5, 0.6) is 5.75 Å². The number of ether oxygens (including phenoxy) is 1. The van der Waals surface area contributed by atoms with E-state index in [1.165, 1.54) is 12.1 Å². The minimum Gasteiger partial charge on any atom is -0.493 e. The molecule has 0 saturated heterocycles. The molecule has 0 fully saturated rings.